The number of alkyl halides is 1. The van der Waals surface area contributed by atoms with Crippen molar-refractivity contribution in [3.63, 3.8) is 0 Å². The van der Waals surface area contributed by atoms with E-state index in [1.807, 2.05) is 18.2 Å². The van der Waals surface area contributed by atoms with Gasteiger partial charge in [-0.3, -0.25) is 4.90 Å². The van der Waals surface area contributed by atoms with Gasteiger partial charge in [-0.05, 0) is 43.2 Å². The molecule has 1 fully saturated rings. The van der Waals surface area contributed by atoms with Gasteiger partial charge in [-0.25, -0.2) is 4.98 Å². The number of piperazine rings is 1. The minimum atomic E-state index is 0.411. The van der Waals surface area contributed by atoms with Crippen LogP contribution < -0.4 is 4.90 Å². The molecule has 2 atom stereocenters. The smallest absolute Gasteiger partial charge is 0.186 e. The number of thiazole rings is 1. The lowest BCUT2D eigenvalue weighted by atomic mass is 10.1. The average Bonchev–Trinajstić information content (AvgIpc) is 3.07. The van der Waals surface area contributed by atoms with Crippen molar-refractivity contribution in [2.75, 3.05) is 18.0 Å². The summed E-state index contributed by atoms with van der Waals surface area (Å²) in [6, 6.07) is 15.4. The van der Waals surface area contributed by atoms with Gasteiger partial charge in [0, 0.05) is 42.6 Å². The summed E-state index contributed by atoms with van der Waals surface area (Å²) >= 11 is 13.9. The monoisotopic (exact) mass is 419 g/mol. The third-order valence-corrected chi connectivity index (χ3v) is 6.83. The molecule has 6 heteroatoms. The third kappa shape index (κ3) is 4.09. The van der Waals surface area contributed by atoms with Crippen LogP contribution >= 0.6 is 34.5 Å². The van der Waals surface area contributed by atoms with E-state index < -0.39 is 0 Å². The lowest BCUT2D eigenvalue weighted by Crippen LogP contribution is -2.56. The van der Waals surface area contributed by atoms with Crippen LogP contribution in [0.3, 0.4) is 0 Å². The standard InChI is InChI=1S/C21H23Cl2N3S/c1-14-12-26(21-24-19-7-6-18(23)9-20(19)27-21)15(2)11-25(14)13-17-5-3-4-16(8-17)10-22/h3-9,14-15H,10-13H2,1-2H3. The van der Waals surface area contributed by atoms with E-state index in [0.717, 1.165) is 40.0 Å². The molecule has 0 amide bonds. The van der Waals surface area contributed by atoms with Gasteiger partial charge in [0.25, 0.3) is 0 Å². The summed E-state index contributed by atoms with van der Waals surface area (Å²) in [6.07, 6.45) is 0. The van der Waals surface area contributed by atoms with Gasteiger partial charge < -0.3 is 4.90 Å². The maximum Gasteiger partial charge on any atom is 0.186 e. The predicted octanol–water partition coefficient (Wildman–Crippen LogP) is 5.79. The highest BCUT2D eigenvalue weighted by molar-refractivity contribution is 7.22. The number of halogens is 2. The van der Waals surface area contributed by atoms with Gasteiger partial charge in [-0.15, -0.1) is 11.6 Å². The van der Waals surface area contributed by atoms with Crippen LogP contribution in [-0.4, -0.2) is 35.1 Å². The Hall–Kier alpha value is -1.33. The number of hydrogen-bond donors (Lipinski definition) is 0. The first-order chi connectivity index (χ1) is 13.0. The van der Waals surface area contributed by atoms with Gasteiger partial charge >= 0.3 is 0 Å². The van der Waals surface area contributed by atoms with Crippen LogP contribution in [0.25, 0.3) is 10.2 Å². The fourth-order valence-electron chi connectivity index (χ4n) is 3.74. The number of fused-ring (bicyclic) bond motifs is 1. The summed E-state index contributed by atoms with van der Waals surface area (Å²) in [5.41, 5.74) is 3.54. The molecule has 4 rings (SSSR count). The van der Waals surface area contributed by atoms with E-state index in [0.29, 0.717) is 18.0 Å². The summed E-state index contributed by atoms with van der Waals surface area (Å²) in [5.74, 6) is 0.565. The quantitative estimate of drug-likeness (QED) is 0.498. The van der Waals surface area contributed by atoms with Gasteiger partial charge in [0.15, 0.2) is 5.13 Å². The maximum atomic E-state index is 6.13. The van der Waals surface area contributed by atoms with Crippen molar-refractivity contribution in [2.24, 2.45) is 0 Å². The van der Waals surface area contributed by atoms with Gasteiger partial charge in [0.1, 0.15) is 0 Å². The zero-order valence-corrected chi connectivity index (χ0v) is 17.9. The van der Waals surface area contributed by atoms with Crippen molar-refractivity contribution in [1.82, 2.24) is 9.88 Å². The van der Waals surface area contributed by atoms with Gasteiger partial charge in [-0.2, -0.15) is 0 Å². The predicted molar refractivity (Wildman–Crippen MR) is 117 cm³/mol. The molecule has 3 nitrogen and oxygen atoms in total. The lowest BCUT2D eigenvalue weighted by molar-refractivity contribution is 0.158. The molecule has 142 valence electrons. The van der Waals surface area contributed by atoms with E-state index >= 15 is 0 Å². The van der Waals surface area contributed by atoms with Crippen molar-refractivity contribution in [1.29, 1.82) is 0 Å². The van der Waals surface area contributed by atoms with Crippen molar-refractivity contribution >= 4 is 49.9 Å². The molecule has 1 aliphatic rings. The second-order valence-corrected chi connectivity index (χ2v) is 9.05. The van der Waals surface area contributed by atoms with Crippen LogP contribution in [-0.2, 0) is 12.4 Å². The molecule has 0 saturated carbocycles. The Morgan fingerprint density at radius 3 is 2.70 bits per heavy atom. The Labute approximate surface area is 174 Å². The number of anilines is 1. The van der Waals surface area contributed by atoms with Crippen molar-refractivity contribution in [2.45, 2.75) is 38.4 Å². The Morgan fingerprint density at radius 1 is 1.07 bits per heavy atom. The number of rotatable bonds is 4. The Balaban J connectivity index is 1.50. The summed E-state index contributed by atoms with van der Waals surface area (Å²) in [4.78, 5) is 9.84. The molecule has 0 spiro atoms. The van der Waals surface area contributed by atoms with E-state index in [4.69, 9.17) is 28.2 Å². The second-order valence-electron chi connectivity index (χ2n) is 7.34. The van der Waals surface area contributed by atoms with Crippen LogP contribution in [0, 0.1) is 0 Å². The molecule has 2 heterocycles. The topological polar surface area (TPSA) is 19.4 Å². The summed E-state index contributed by atoms with van der Waals surface area (Å²) in [7, 11) is 0. The van der Waals surface area contributed by atoms with E-state index in [1.54, 1.807) is 11.3 Å². The normalized spacial score (nSPS) is 21.1. The molecule has 1 aromatic heterocycles. The van der Waals surface area contributed by atoms with E-state index in [1.165, 1.54) is 11.1 Å². The van der Waals surface area contributed by atoms with Crippen molar-refractivity contribution in [3.8, 4) is 0 Å². The van der Waals surface area contributed by atoms with E-state index in [-0.39, 0.29) is 0 Å². The molecule has 27 heavy (non-hydrogen) atoms. The second kappa shape index (κ2) is 7.96. The first kappa shape index (κ1) is 19.0. The zero-order chi connectivity index (χ0) is 19.0. The highest BCUT2D eigenvalue weighted by Crippen LogP contribution is 2.33. The molecular weight excluding hydrogens is 397 g/mol. The fourth-order valence-corrected chi connectivity index (χ4v) is 5.26. The third-order valence-electron chi connectivity index (χ3n) is 5.23. The summed E-state index contributed by atoms with van der Waals surface area (Å²) in [5, 5.41) is 1.86. The number of nitrogens with zero attached hydrogens (tertiary/aromatic N) is 3. The Bertz CT molecular complexity index is 942. The Kier molecular flexibility index (Phi) is 5.60. The summed E-state index contributed by atoms with van der Waals surface area (Å²) < 4.78 is 1.15. The highest BCUT2D eigenvalue weighted by atomic mass is 35.5. The molecule has 2 unspecified atom stereocenters. The van der Waals surface area contributed by atoms with Crippen molar-refractivity contribution < 1.29 is 0 Å². The number of benzene rings is 2. The SMILES string of the molecule is CC1CN(c2nc3ccc(Cl)cc3s2)C(C)CN1Cc1cccc(CCl)c1. The van der Waals surface area contributed by atoms with Gasteiger partial charge in [0.05, 0.1) is 10.2 Å². The van der Waals surface area contributed by atoms with Crippen LogP contribution in [0.2, 0.25) is 5.02 Å². The maximum absolute atomic E-state index is 6.13. The molecule has 0 N–H and O–H groups in total. The minimum Gasteiger partial charge on any atom is -0.343 e. The van der Waals surface area contributed by atoms with Crippen LogP contribution in [0.4, 0.5) is 5.13 Å². The number of hydrogen-bond acceptors (Lipinski definition) is 4. The molecule has 2 aromatic carbocycles. The highest BCUT2D eigenvalue weighted by Gasteiger charge is 2.30. The van der Waals surface area contributed by atoms with Crippen molar-refractivity contribution in [3.05, 3.63) is 58.6 Å². The Morgan fingerprint density at radius 2 is 1.89 bits per heavy atom. The van der Waals surface area contributed by atoms with E-state index in [2.05, 4.69) is 47.9 Å². The molecule has 0 radical (unpaired) electrons. The molecule has 0 aliphatic carbocycles. The fraction of sp³-hybridized carbons (Fsp3) is 0.381. The molecular formula is C21H23Cl2N3S. The van der Waals surface area contributed by atoms with Gasteiger partial charge in [-0.1, -0.05) is 47.2 Å². The minimum absolute atomic E-state index is 0.411. The molecule has 1 aliphatic heterocycles. The van der Waals surface area contributed by atoms with Gasteiger partial charge in [0.2, 0.25) is 0 Å². The zero-order valence-electron chi connectivity index (χ0n) is 15.5. The van der Waals surface area contributed by atoms with Crippen LogP contribution in [0.5, 0.6) is 0 Å². The lowest BCUT2D eigenvalue weighted by Gasteiger charge is -2.44. The van der Waals surface area contributed by atoms with Crippen LogP contribution in [0.1, 0.15) is 25.0 Å². The largest absolute Gasteiger partial charge is 0.343 e. The molecule has 0 bridgehead atoms. The first-order valence-corrected chi connectivity index (χ1v) is 11.0. The molecule has 1 saturated heterocycles. The van der Waals surface area contributed by atoms with Crippen LogP contribution in [0.15, 0.2) is 42.5 Å². The molecule has 3 aromatic rings. The summed E-state index contributed by atoms with van der Waals surface area (Å²) in [6.45, 7) is 7.54. The van der Waals surface area contributed by atoms with E-state index in [9.17, 15) is 0 Å². The average molecular weight is 420 g/mol. The first-order valence-electron chi connectivity index (χ1n) is 9.24. The number of aromatic nitrogens is 1.